The van der Waals surface area contributed by atoms with Crippen LogP contribution < -0.4 is 5.32 Å². The lowest BCUT2D eigenvalue weighted by Crippen LogP contribution is -2.36. The Morgan fingerprint density at radius 1 is 1.44 bits per heavy atom. The molecule has 2 nitrogen and oxygen atoms in total. The van der Waals surface area contributed by atoms with Crippen LogP contribution in [0.2, 0.25) is 0 Å². The molecule has 0 unspecified atom stereocenters. The Bertz CT molecular complexity index is 374. The van der Waals surface area contributed by atoms with Gasteiger partial charge in [0.1, 0.15) is 11.6 Å². The molecule has 0 amide bonds. The maximum Gasteiger partial charge on any atom is 0.123 e. The van der Waals surface area contributed by atoms with Crippen LogP contribution in [0.5, 0.6) is 5.75 Å². The molecule has 1 aromatic carbocycles. The highest BCUT2D eigenvalue weighted by molar-refractivity contribution is 5.32. The Hall–Kier alpha value is -1.09. The summed E-state index contributed by atoms with van der Waals surface area (Å²) in [6.45, 7) is 3.72. The summed E-state index contributed by atoms with van der Waals surface area (Å²) in [5, 5.41) is 12.8. The van der Waals surface area contributed by atoms with Crippen molar-refractivity contribution in [1.82, 2.24) is 5.32 Å². The SMILES string of the molecule is CC1(CNCc2cc(F)ccc2O)CCC1. The number of hydrogen-bond acceptors (Lipinski definition) is 2. The van der Waals surface area contributed by atoms with Crippen molar-refractivity contribution in [1.29, 1.82) is 0 Å². The third-order valence-electron chi connectivity index (χ3n) is 3.47. The molecule has 0 heterocycles. The molecule has 0 saturated heterocycles. The predicted molar refractivity (Wildman–Crippen MR) is 61.7 cm³/mol. The number of phenolic OH excluding ortho intramolecular Hbond substituents is 1. The predicted octanol–water partition coefficient (Wildman–Crippen LogP) is 2.81. The van der Waals surface area contributed by atoms with Gasteiger partial charge in [-0.1, -0.05) is 13.3 Å². The minimum Gasteiger partial charge on any atom is -0.508 e. The highest BCUT2D eigenvalue weighted by atomic mass is 19.1. The van der Waals surface area contributed by atoms with E-state index < -0.39 is 0 Å². The average Bonchev–Trinajstić information content (AvgIpc) is 2.21. The van der Waals surface area contributed by atoms with Gasteiger partial charge in [0.2, 0.25) is 0 Å². The zero-order valence-corrected chi connectivity index (χ0v) is 9.59. The molecule has 0 aliphatic heterocycles. The Morgan fingerprint density at radius 2 is 2.19 bits per heavy atom. The summed E-state index contributed by atoms with van der Waals surface area (Å²) in [7, 11) is 0. The van der Waals surface area contributed by atoms with Crippen LogP contribution in [0, 0.1) is 11.2 Å². The van der Waals surface area contributed by atoms with E-state index in [2.05, 4.69) is 12.2 Å². The second-order valence-corrected chi connectivity index (χ2v) is 5.04. The van der Waals surface area contributed by atoms with Crippen molar-refractivity contribution in [3.8, 4) is 5.75 Å². The molecule has 16 heavy (non-hydrogen) atoms. The summed E-state index contributed by atoms with van der Waals surface area (Å²) >= 11 is 0. The third-order valence-corrected chi connectivity index (χ3v) is 3.47. The third kappa shape index (κ3) is 2.53. The maximum absolute atomic E-state index is 12.9. The Morgan fingerprint density at radius 3 is 2.81 bits per heavy atom. The summed E-state index contributed by atoms with van der Waals surface area (Å²) in [6.07, 6.45) is 3.83. The first kappa shape index (κ1) is 11.4. The van der Waals surface area contributed by atoms with Crippen molar-refractivity contribution in [2.75, 3.05) is 6.54 Å². The van der Waals surface area contributed by atoms with Gasteiger partial charge in [-0.3, -0.25) is 0 Å². The van der Waals surface area contributed by atoms with Gasteiger partial charge >= 0.3 is 0 Å². The van der Waals surface area contributed by atoms with Gasteiger partial charge in [-0.05, 0) is 36.5 Å². The largest absolute Gasteiger partial charge is 0.508 e. The normalized spacial score (nSPS) is 18.1. The van der Waals surface area contributed by atoms with Gasteiger partial charge in [0.25, 0.3) is 0 Å². The van der Waals surface area contributed by atoms with E-state index in [4.69, 9.17) is 0 Å². The summed E-state index contributed by atoms with van der Waals surface area (Å²) in [4.78, 5) is 0. The molecule has 0 aromatic heterocycles. The monoisotopic (exact) mass is 223 g/mol. The van der Waals surface area contributed by atoms with Gasteiger partial charge in [-0.2, -0.15) is 0 Å². The fourth-order valence-corrected chi connectivity index (χ4v) is 2.15. The summed E-state index contributed by atoms with van der Waals surface area (Å²) in [5.74, 6) is -0.142. The van der Waals surface area contributed by atoms with Crippen molar-refractivity contribution >= 4 is 0 Å². The van der Waals surface area contributed by atoms with Gasteiger partial charge in [0.15, 0.2) is 0 Å². The van der Waals surface area contributed by atoms with E-state index in [9.17, 15) is 9.50 Å². The highest BCUT2D eigenvalue weighted by Crippen LogP contribution is 2.39. The molecule has 2 rings (SSSR count). The van der Waals surface area contributed by atoms with Gasteiger partial charge in [-0.25, -0.2) is 4.39 Å². The minimum atomic E-state index is -0.301. The van der Waals surface area contributed by atoms with Crippen LogP contribution in [0.4, 0.5) is 4.39 Å². The second kappa shape index (κ2) is 4.42. The molecule has 3 heteroatoms. The van der Waals surface area contributed by atoms with Crippen LogP contribution in [0.15, 0.2) is 18.2 Å². The number of phenols is 1. The van der Waals surface area contributed by atoms with E-state index in [1.54, 1.807) is 0 Å². The van der Waals surface area contributed by atoms with Crippen molar-refractivity contribution < 1.29 is 9.50 Å². The van der Waals surface area contributed by atoms with Crippen LogP contribution in [-0.2, 0) is 6.54 Å². The van der Waals surface area contributed by atoms with E-state index in [0.29, 0.717) is 17.5 Å². The molecule has 0 radical (unpaired) electrons. The molecule has 2 N–H and O–H groups in total. The molecule has 0 atom stereocenters. The molecule has 0 bridgehead atoms. The second-order valence-electron chi connectivity index (χ2n) is 5.04. The molecule has 1 saturated carbocycles. The number of nitrogens with one attached hydrogen (secondary N) is 1. The standard InChI is InChI=1S/C13H18FNO/c1-13(5-2-6-13)9-15-8-10-7-11(14)3-4-12(10)16/h3-4,7,15-16H,2,5-6,8-9H2,1H3. The molecule has 1 aliphatic rings. The fourth-order valence-electron chi connectivity index (χ4n) is 2.15. The molecular formula is C13H18FNO. The van der Waals surface area contributed by atoms with Gasteiger partial charge in [0, 0.05) is 18.7 Å². The van der Waals surface area contributed by atoms with Crippen LogP contribution in [0.1, 0.15) is 31.7 Å². The highest BCUT2D eigenvalue weighted by Gasteiger charge is 2.30. The smallest absolute Gasteiger partial charge is 0.123 e. The molecule has 1 fully saturated rings. The van der Waals surface area contributed by atoms with Crippen molar-refractivity contribution in [2.24, 2.45) is 5.41 Å². The topological polar surface area (TPSA) is 32.3 Å². The minimum absolute atomic E-state index is 0.160. The van der Waals surface area contributed by atoms with Crippen LogP contribution in [0.25, 0.3) is 0 Å². The Balaban J connectivity index is 1.87. The summed E-state index contributed by atoms with van der Waals surface area (Å²) < 4.78 is 12.9. The summed E-state index contributed by atoms with van der Waals surface area (Å²) in [6, 6.07) is 4.05. The zero-order valence-electron chi connectivity index (χ0n) is 9.59. The van der Waals surface area contributed by atoms with Gasteiger partial charge in [-0.15, -0.1) is 0 Å². The van der Waals surface area contributed by atoms with Crippen LogP contribution in [0.3, 0.4) is 0 Å². The van der Waals surface area contributed by atoms with Gasteiger partial charge in [0.05, 0.1) is 0 Å². The molecule has 1 aliphatic carbocycles. The Kier molecular flexibility index (Phi) is 3.15. The van der Waals surface area contributed by atoms with E-state index in [1.165, 1.54) is 37.5 Å². The maximum atomic E-state index is 12.9. The fraction of sp³-hybridized carbons (Fsp3) is 0.538. The first-order valence-electron chi connectivity index (χ1n) is 5.77. The number of benzene rings is 1. The van der Waals surface area contributed by atoms with E-state index >= 15 is 0 Å². The lowest BCUT2D eigenvalue weighted by Gasteiger charge is -2.38. The number of hydrogen-bond donors (Lipinski definition) is 2. The lowest BCUT2D eigenvalue weighted by atomic mass is 9.70. The molecule has 0 spiro atoms. The number of aromatic hydroxyl groups is 1. The van der Waals surface area contributed by atoms with E-state index in [-0.39, 0.29) is 11.6 Å². The van der Waals surface area contributed by atoms with Crippen LogP contribution in [-0.4, -0.2) is 11.7 Å². The first-order valence-corrected chi connectivity index (χ1v) is 5.77. The average molecular weight is 223 g/mol. The van der Waals surface area contributed by atoms with Crippen LogP contribution >= 0.6 is 0 Å². The zero-order chi connectivity index (χ0) is 11.6. The number of rotatable bonds is 4. The lowest BCUT2D eigenvalue weighted by molar-refractivity contribution is 0.156. The summed E-state index contributed by atoms with van der Waals surface area (Å²) in [5.41, 5.74) is 1.03. The van der Waals surface area contributed by atoms with E-state index in [1.807, 2.05) is 0 Å². The molecular weight excluding hydrogens is 205 g/mol. The number of halogens is 1. The molecule has 88 valence electrons. The Labute approximate surface area is 95.5 Å². The van der Waals surface area contributed by atoms with E-state index in [0.717, 1.165) is 6.54 Å². The first-order chi connectivity index (χ1) is 7.59. The molecule has 1 aromatic rings. The quantitative estimate of drug-likeness (QED) is 0.822. The van der Waals surface area contributed by atoms with Crippen molar-refractivity contribution in [3.05, 3.63) is 29.6 Å². The van der Waals surface area contributed by atoms with Crippen molar-refractivity contribution in [3.63, 3.8) is 0 Å². The van der Waals surface area contributed by atoms with Crippen molar-refractivity contribution in [2.45, 2.75) is 32.7 Å². The van der Waals surface area contributed by atoms with Gasteiger partial charge < -0.3 is 10.4 Å².